The molecule has 0 amide bonds. The molecule has 2 aromatic carbocycles. The van der Waals surface area contributed by atoms with Crippen molar-refractivity contribution in [3.8, 4) is 0 Å². The van der Waals surface area contributed by atoms with Crippen LogP contribution in [0.15, 0.2) is 54.6 Å². The van der Waals surface area contributed by atoms with Gasteiger partial charge < -0.3 is 5.11 Å². The maximum Gasteiger partial charge on any atom is 0.113 e. The highest BCUT2D eigenvalue weighted by Gasteiger charge is 2.19. The molecule has 0 bridgehead atoms. The van der Waals surface area contributed by atoms with Crippen molar-refractivity contribution in [3.63, 3.8) is 0 Å². The van der Waals surface area contributed by atoms with Crippen molar-refractivity contribution in [1.82, 2.24) is 0 Å². The number of thiophene rings is 1. The fourth-order valence-corrected chi connectivity index (χ4v) is 3.53. The van der Waals surface area contributed by atoms with Gasteiger partial charge in [-0.3, -0.25) is 0 Å². The zero-order chi connectivity index (χ0) is 15.0. The Labute approximate surface area is 129 Å². The van der Waals surface area contributed by atoms with E-state index in [0.717, 1.165) is 10.4 Å². The number of hydrogen-bond acceptors (Lipinski definition) is 2. The zero-order valence-electron chi connectivity index (χ0n) is 12.6. The molecule has 0 spiro atoms. The van der Waals surface area contributed by atoms with E-state index in [0.29, 0.717) is 0 Å². The smallest absolute Gasteiger partial charge is 0.113 e. The first-order valence-electron chi connectivity index (χ1n) is 7.22. The molecule has 0 aliphatic rings. The van der Waals surface area contributed by atoms with Crippen LogP contribution in [-0.4, -0.2) is 5.11 Å². The Bertz CT molecular complexity index is 764. The molecule has 0 saturated carbocycles. The number of rotatable bonds is 2. The largest absolute Gasteiger partial charge is 0.383 e. The molecule has 1 N–H and O–H groups in total. The van der Waals surface area contributed by atoms with Gasteiger partial charge >= 0.3 is 0 Å². The quantitative estimate of drug-likeness (QED) is 0.682. The molecule has 0 aliphatic heterocycles. The molecule has 0 radical (unpaired) electrons. The van der Waals surface area contributed by atoms with E-state index in [1.807, 2.05) is 24.3 Å². The lowest BCUT2D eigenvalue weighted by Crippen LogP contribution is -2.07. The van der Waals surface area contributed by atoms with Gasteiger partial charge in [-0.2, -0.15) is 0 Å². The van der Waals surface area contributed by atoms with Crippen molar-refractivity contribution in [2.75, 3.05) is 0 Å². The molecule has 3 rings (SSSR count). The average Bonchev–Trinajstić information content (AvgIpc) is 2.96. The summed E-state index contributed by atoms with van der Waals surface area (Å²) in [6, 6.07) is 18.6. The molecule has 21 heavy (non-hydrogen) atoms. The fourth-order valence-electron chi connectivity index (χ4n) is 2.45. The summed E-state index contributed by atoms with van der Waals surface area (Å²) in [6.45, 7) is 6.60. The number of benzene rings is 2. The van der Waals surface area contributed by atoms with Gasteiger partial charge in [0, 0.05) is 9.75 Å². The third kappa shape index (κ3) is 2.87. The minimum Gasteiger partial charge on any atom is -0.383 e. The third-order valence-corrected chi connectivity index (χ3v) is 5.29. The first-order chi connectivity index (χ1) is 9.95. The topological polar surface area (TPSA) is 20.2 Å². The van der Waals surface area contributed by atoms with Crippen molar-refractivity contribution in [1.29, 1.82) is 0 Å². The van der Waals surface area contributed by atoms with E-state index in [9.17, 15) is 5.11 Å². The van der Waals surface area contributed by atoms with Crippen LogP contribution < -0.4 is 0 Å². The number of aliphatic hydroxyl groups is 1. The van der Waals surface area contributed by atoms with Crippen molar-refractivity contribution in [2.45, 2.75) is 32.3 Å². The van der Waals surface area contributed by atoms with Gasteiger partial charge in [0.25, 0.3) is 0 Å². The van der Waals surface area contributed by atoms with E-state index >= 15 is 0 Å². The van der Waals surface area contributed by atoms with Gasteiger partial charge in [-0.15, -0.1) is 11.3 Å². The van der Waals surface area contributed by atoms with Gasteiger partial charge in [-0.1, -0.05) is 57.2 Å². The van der Waals surface area contributed by atoms with E-state index in [1.165, 1.54) is 15.6 Å². The van der Waals surface area contributed by atoms with Crippen LogP contribution in [0.3, 0.4) is 0 Å². The lowest BCUT2D eigenvalue weighted by molar-refractivity contribution is 0.224. The predicted molar refractivity (Wildman–Crippen MR) is 91.0 cm³/mol. The van der Waals surface area contributed by atoms with Crippen molar-refractivity contribution < 1.29 is 5.11 Å². The van der Waals surface area contributed by atoms with Crippen molar-refractivity contribution in [3.05, 3.63) is 69.9 Å². The van der Waals surface area contributed by atoms with E-state index in [4.69, 9.17) is 0 Å². The maximum absolute atomic E-state index is 10.6. The Morgan fingerprint density at radius 3 is 2.29 bits per heavy atom. The molecule has 0 fully saturated rings. The Morgan fingerprint density at radius 2 is 1.62 bits per heavy atom. The SMILES string of the molecule is CC(C)(C)c1ccc(C(O)c2ccc3ccccc3c2)s1. The molecule has 1 nitrogen and oxygen atoms in total. The van der Waals surface area contributed by atoms with Gasteiger partial charge in [0.2, 0.25) is 0 Å². The Hall–Kier alpha value is -1.64. The molecule has 0 saturated heterocycles. The first kappa shape index (κ1) is 14.3. The lowest BCUT2D eigenvalue weighted by Gasteiger charge is -2.16. The van der Waals surface area contributed by atoms with E-state index < -0.39 is 6.10 Å². The van der Waals surface area contributed by atoms with Gasteiger partial charge in [-0.25, -0.2) is 0 Å². The zero-order valence-corrected chi connectivity index (χ0v) is 13.4. The Morgan fingerprint density at radius 1 is 0.905 bits per heavy atom. The van der Waals surface area contributed by atoms with Gasteiger partial charge in [0.1, 0.15) is 6.10 Å². The normalized spacial score (nSPS) is 13.5. The van der Waals surface area contributed by atoms with Gasteiger partial charge in [0.15, 0.2) is 0 Å². The summed E-state index contributed by atoms with van der Waals surface area (Å²) in [6.07, 6.45) is -0.546. The molecule has 0 aliphatic carbocycles. The lowest BCUT2D eigenvalue weighted by atomic mass is 9.95. The van der Waals surface area contributed by atoms with E-state index in [1.54, 1.807) is 11.3 Å². The molecule has 2 heteroatoms. The van der Waals surface area contributed by atoms with Gasteiger partial charge in [0.05, 0.1) is 0 Å². The summed E-state index contributed by atoms with van der Waals surface area (Å²) < 4.78 is 0. The number of fused-ring (bicyclic) bond motifs is 1. The minimum atomic E-state index is -0.546. The van der Waals surface area contributed by atoms with Crippen LogP contribution in [0.1, 0.15) is 42.2 Å². The van der Waals surface area contributed by atoms with Crippen LogP contribution in [0, 0.1) is 0 Å². The van der Waals surface area contributed by atoms with E-state index in [-0.39, 0.29) is 5.41 Å². The summed E-state index contributed by atoms with van der Waals surface area (Å²) in [5.41, 5.74) is 1.09. The number of aliphatic hydroxyl groups excluding tert-OH is 1. The maximum atomic E-state index is 10.6. The van der Waals surface area contributed by atoms with Crippen molar-refractivity contribution in [2.24, 2.45) is 0 Å². The highest BCUT2D eigenvalue weighted by Crippen LogP contribution is 2.35. The van der Waals surface area contributed by atoms with Crippen LogP contribution in [0.25, 0.3) is 10.8 Å². The summed E-state index contributed by atoms with van der Waals surface area (Å²) in [5, 5.41) is 13.0. The molecule has 3 aromatic rings. The average molecular weight is 296 g/mol. The number of hydrogen-bond donors (Lipinski definition) is 1. The fraction of sp³-hybridized carbons (Fsp3) is 0.263. The second-order valence-electron chi connectivity index (χ2n) is 6.46. The molecule has 1 atom stereocenters. The second-order valence-corrected chi connectivity index (χ2v) is 7.58. The molecule has 1 aromatic heterocycles. The first-order valence-corrected chi connectivity index (χ1v) is 8.04. The van der Waals surface area contributed by atoms with Crippen LogP contribution >= 0.6 is 11.3 Å². The highest BCUT2D eigenvalue weighted by molar-refractivity contribution is 7.12. The van der Waals surface area contributed by atoms with Crippen LogP contribution in [0.5, 0.6) is 0 Å². The summed E-state index contributed by atoms with van der Waals surface area (Å²) in [4.78, 5) is 2.31. The predicted octanol–water partition coefficient (Wildman–Crippen LogP) is 5.28. The summed E-state index contributed by atoms with van der Waals surface area (Å²) in [5.74, 6) is 0. The molecular weight excluding hydrogens is 276 g/mol. The Balaban J connectivity index is 1.96. The Kier molecular flexibility index (Phi) is 3.60. The third-order valence-electron chi connectivity index (χ3n) is 3.72. The summed E-state index contributed by atoms with van der Waals surface area (Å²) >= 11 is 1.70. The second kappa shape index (κ2) is 5.28. The van der Waals surface area contributed by atoms with Crippen LogP contribution in [0.2, 0.25) is 0 Å². The van der Waals surface area contributed by atoms with Gasteiger partial charge in [-0.05, 0) is 39.9 Å². The van der Waals surface area contributed by atoms with Crippen LogP contribution in [0.4, 0.5) is 0 Å². The minimum absolute atomic E-state index is 0.131. The monoisotopic (exact) mass is 296 g/mol. The summed E-state index contributed by atoms with van der Waals surface area (Å²) in [7, 11) is 0. The van der Waals surface area contributed by atoms with Crippen molar-refractivity contribution >= 4 is 22.1 Å². The standard InChI is InChI=1S/C19H20OS/c1-19(2,3)17-11-10-16(21-17)18(20)15-9-8-13-6-4-5-7-14(13)12-15/h4-12,18,20H,1-3H3. The molecule has 108 valence electrons. The van der Waals surface area contributed by atoms with E-state index in [2.05, 4.69) is 51.1 Å². The highest BCUT2D eigenvalue weighted by atomic mass is 32.1. The molecule has 1 unspecified atom stereocenters. The molecule has 1 heterocycles. The molecular formula is C19H20OS. The van der Waals surface area contributed by atoms with Crippen LogP contribution in [-0.2, 0) is 5.41 Å².